The van der Waals surface area contributed by atoms with Gasteiger partial charge in [-0.15, -0.1) is 0 Å². The first kappa shape index (κ1) is 12.8. The van der Waals surface area contributed by atoms with E-state index >= 15 is 0 Å². The summed E-state index contributed by atoms with van der Waals surface area (Å²) in [6.07, 6.45) is 10.2. The van der Waals surface area contributed by atoms with Gasteiger partial charge >= 0.3 is 0 Å². The first-order valence-electron chi connectivity index (χ1n) is 6.93. The zero-order valence-corrected chi connectivity index (χ0v) is 11.2. The van der Waals surface area contributed by atoms with E-state index in [0.29, 0.717) is 0 Å². The second-order valence-electron chi connectivity index (χ2n) is 5.30. The van der Waals surface area contributed by atoms with Gasteiger partial charge in [0.1, 0.15) is 5.66 Å². The predicted molar refractivity (Wildman–Crippen MR) is 73.5 cm³/mol. The quantitative estimate of drug-likeness (QED) is 0.739. The fraction of sp³-hybridized carbons (Fsp3) is 0.786. The van der Waals surface area contributed by atoms with Crippen molar-refractivity contribution in [2.75, 3.05) is 26.2 Å². The summed E-state index contributed by atoms with van der Waals surface area (Å²) in [5, 5.41) is 3.42. The van der Waals surface area contributed by atoms with Crippen molar-refractivity contribution in [3.63, 3.8) is 0 Å². The molecule has 2 aliphatic heterocycles. The minimum absolute atomic E-state index is 0.0490. The molecule has 0 aromatic heterocycles. The van der Waals surface area contributed by atoms with E-state index in [2.05, 4.69) is 41.2 Å². The van der Waals surface area contributed by atoms with Crippen molar-refractivity contribution in [3.05, 3.63) is 12.2 Å². The van der Waals surface area contributed by atoms with Gasteiger partial charge < -0.3 is 5.32 Å². The minimum Gasteiger partial charge on any atom is -0.317 e. The van der Waals surface area contributed by atoms with Gasteiger partial charge in [-0.25, -0.2) is 0 Å². The molecule has 0 radical (unpaired) electrons. The van der Waals surface area contributed by atoms with E-state index < -0.39 is 0 Å². The Morgan fingerprint density at radius 1 is 1.41 bits per heavy atom. The molecule has 2 aliphatic rings. The molecule has 96 valence electrons. The first-order valence-corrected chi connectivity index (χ1v) is 6.93. The van der Waals surface area contributed by atoms with Crippen LogP contribution in [0.1, 0.15) is 33.1 Å². The summed E-state index contributed by atoms with van der Waals surface area (Å²) >= 11 is 0. The molecular weight excluding hydrogens is 210 g/mol. The number of hydrogen-bond donors (Lipinski definition) is 1. The summed E-state index contributed by atoms with van der Waals surface area (Å²) in [6.45, 7) is 9.04. The lowest BCUT2D eigenvalue weighted by Crippen LogP contribution is -2.47. The number of rotatable bonds is 5. The van der Waals surface area contributed by atoms with Crippen LogP contribution >= 0.6 is 0 Å². The highest BCUT2D eigenvalue weighted by atomic mass is 15.3. The van der Waals surface area contributed by atoms with Crippen molar-refractivity contribution >= 4 is 6.21 Å². The van der Waals surface area contributed by atoms with Gasteiger partial charge in [-0.2, -0.15) is 0 Å². The molecular formula is C14H25N3. The molecule has 1 atom stereocenters. The van der Waals surface area contributed by atoms with Gasteiger partial charge in [0.2, 0.25) is 0 Å². The normalized spacial score (nSPS) is 30.2. The van der Waals surface area contributed by atoms with Crippen LogP contribution in [0.4, 0.5) is 0 Å². The van der Waals surface area contributed by atoms with Crippen LogP contribution in [0.25, 0.3) is 0 Å². The molecule has 0 aromatic rings. The maximum Gasteiger partial charge on any atom is 0.129 e. The minimum atomic E-state index is -0.0490. The Balaban J connectivity index is 1.74. The topological polar surface area (TPSA) is 27.6 Å². The third-order valence-corrected chi connectivity index (χ3v) is 4.07. The molecule has 17 heavy (non-hydrogen) atoms. The van der Waals surface area contributed by atoms with E-state index in [1.54, 1.807) is 0 Å². The van der Waals surface area contributed by atoms with Crippen LogP contribution in [-0.4, -0.2) is 43.0 Å². The van der Waals surface area contributed by atoms with Crippen LogP contribution in [0.15, 0.2) is 17.1 Å². The average molecular weight is 235 g/mol. The van der Waals surface area contributed by atoms with Crippen LogP contribution < -0.4 is 5.32 Å². The average Bonchev–Trinajstić information content (AvgIpc) is 2.79. The van der Waals surface area contributed by atoms with Gasteiger partial charge in [0.25, 0.3) is 0 Å². The molecule has 1 unspecified atom stereocenters. The molecule has 1 N–H and O–H groups in total. The molecule has 2 heterocycles. The van der Waals surface area contributed by atoms with Crippen molar-refractivity contribution < 1.29 is 0 Å². The van der Waals surface area contributed by atoms with Crippen LogP contribution in [0, 0.1) is 5.92 Å². The zero-order valence-electron chi connectivity index (χ0n) is 11.2. The molecule has 0 aromatic carbocycles. The summed E-state index contributed by atoms with van der Waals surface area (Å²) < 4.78 is 0. The van der Waals surface area contributed by atoms with Crippen molar-refractivity contribution in [2.24, 2.45) is 10.9 Å². The monoisotopic (exact) mass is 235 g/mol. The van der Waals surface area contributed by atoms with E-state index in [1.807, 2.05) is 6.21 Å². The number of likely N-dealkylation sites (tertiary alicyclic amines) is 1. The molecule has 0 spiro atoms. The van der Waals surface area contributed by atoms with Gasteiger partial charge in [0, 0.05) is 19.3 Å². The van der Waals surface area contributed by atoms with Crippen molar-refractivity contribution in [1.82, 2.24) is 10.2 Å². The molecule has 0 bridgehead atoms. The lowest BCUT2D eigenvalue weighted by atomic mass is 9.92. The van der Waals surface area contributed by atoms with Crippen LogP contribution in [0.2, 0.25) is 0 Å². The molecule has 3 nitrogen and oxygen atoms in total. The number of piperidine rings is 1. The van der Waals surface area contributed by atoms with Crippen LogP contribution in [0.5, 0.6) is 0 Å². The summed E-state index contributed by atoms with van der Waals surface area (Å²) in [5.74, 6) is 0.906. The highest BCUT2D eigenvalue weighted by Gasteiger charge is 2.32. The van der Waals surface area contributed by atoms with E-state index in [0.717, 1.165) is 12.5 Å². The highest BCUT2D eigenvalue weighted by molar-refractivity contribution is 5.75. The SMILES string of the molecule is CCNCCC1CCN(C2(C)C=CC=N2)CC1. The highest BCUT2D eigenvalue weighted by Crippen LogP contribution is 2.28. The molecule has 1 saturated heterocycles. The number of aliphatic imine (C=N–C) groups is 1. The number of hydrogen-bond acceptors (Lipinski definition) is 3. The van der Waals surface area contributed by atoms with Crippen LogP contribution in [0.3, 0.4) is 0 Å². The lowest BCUT2D eigenvalue weighted by molar-refractivity contribution is 0.0994. The van der Waals surface area contributed by atoms with E-state index in [1.165, 1.54) is 38.9 Å². The summed E-state index contributed by atoms with van der Waals surface area (Å²) in [6, 6.07) is 0. The number of allylic oxidation sites excluding steroid dienone is 1. The third-order valence-electron chi connectivity index (χ3n) is 4.07. The van der Waals surface area contributed by atoms with Crippen molar-refractivity contribution in [3.8, 4) is 0 Å². The molecule has 0 aliphatic carbocycles. The Labute approximate surface area is 105 Å². The van der Waals surface area contributed by atoms with E-state index in [-0.39, 0.29) is 5.66 Å². The Morgan fingerprint density at radius 2 is 2.18 bits per heavy atom. The van der Waals surface area contributed by atoms with Gasteiger partial charge in [0.15, 0.2) is 0 Å². The maximum absolute atomic E-state index is 4.57. The molecule has 0 amide bonds. The van der Waals surface area contributed by atoms with Crippen LogP contribution in [-0.2, 0) is 0 Å². The standard InChI is InChI=1S/C14H25N3/c1-3-15-10-5-13-6-11-17(12-7-13)14(2)8-4-9-16-14/h4,8-9,13,15H,3,5-7,10-12H2,1-2H3. The Bertz CT molecular complexity index is 276. The summed E-state index contributed by atoms with van der Waals surface area (Å²) in [5.41, 5.74) is -0.0490. The first-order chi connectivity index (χ1) is 8.24. The summed E-state index contributed by atoms with van der Waals surface area (Å²) in [4.78, 5) is 7.08. The van der Waals surface area contributed by atoms with Gasteiger partial charge in [-0.05, 0) is 57.3 Å². The Kier molecular flexibility index (Phi) is 4.35. The molecule has 1 fully saturated rings. The van der Waals surface area contributed by atoms with E-state index in [9.17, 15) is 0 Å². The Morgan fingerprint density at radius 3 is 2.76 bits per heavy atom. The fourth-order valence-electron chi connectivity index (χ4n) is 2.81. The largest absolute Gasteiger partial charge is 0.317 e. The Hall–Kier alpha value is -0.670. The lowest BCUT2D eigenvalue weighted by Gasteiger charge is -2.40. The van der Waals surface area contributed by atoms with Gasteiger partial charge in [-0.1, -0.05) is 6.92 Å². The van der Waals surface area contributed by atoms with E-state index in [4.69, 9.17) is 0 Å². The molecule has 0 saturated carbocycles. The maximum atomic E-state index is 4.57. The second kappa shape index (κ2) is 5.78. The third kappa shape index (κ3) is 3.17. The molecule has 3 heteroatoms. The summed E-state index contributed by atoms with van der Waals surface area (Å²) in [7, 11) is 0. The van der Waals surface area contributed by atoms with Gasteiger partial charge in [-0.3, -0.25) is 9.89 Å². The zero-order chi connectivity index (χ0) is 12.1. The van der Waals surface area contributed by atoms with Crippen molar-refractivity contribution in [1.29, 1.82) is 0 Å². The predicted octanol–water partition coefficient (Wildman–Crippen LogP) is 2.05. The number of nitrogens with zero attached hydrogens (tertiary/aromatic N) is 2. The fourth-order valence-corrected chi connectivity index (χ4v) is 2.81. The van der Waals surface area contributed by atoms with Gasteiger partial charge in [0.05, 0.1) is 0 Å². The smallest absolute Gasteiger partial charge is 0.129 e. The second-order valence-corrected chi connectivity index (χ2v) is 5.30. The number of nitrogens with one attached hydrogen (secondary N) is 1. The van der Waals surface area contributed by atoms with Crippen molar-refractivity contribution in [2.45, 2.75) is 38.8 Å². The molecule has 2 rings (SSSR count).